The van der Waals surface area contributed by atoms with Crippen LogP contribution in [0.25, 0.3) is 0 Å². The van der Waals surface area contributed by atoms with Crippen LogP contribution in [0.1, 0.15) is 60.3 Å². The summed E-state index contributed by atoms with van der Waals surface area (Å²) in [5.74, 6) is 1.56. The summed E-state index contributed by atoms with van der Waals surface area (Å²) < 4.78 is 0. The van der Waals surface area contributed by atoms with Crippen LogP contribution in [0.4, 0.5) is 0 Å². The van der Waals surface area contributed by atoms with Gasteiger partial charge in [-0.1, -0.05) is 27.7 Å². The number of hydrogen-bond donors (Lipinski definition) is 1. The molecule has 1 amide bonds. The van der Waals surface area contributed by atoms with Crippen LogP contribution in [0.3, 0.4) is 0 Å². The van der Waals surface area contributed by atoms with Crippen LogP contribution in [-0.4, -0.2) is 29.4 Å². The van der Waals surface area contributed by atoms with Gasteiger partial charge in [0.1, 0.15) is 0 Å². The van der Waals surface area contributed by atoms with Crippen LogP contribution < -0.4 is 5.73 Å². The predicted molar refractivity (Wildman–Crippen MR) is 83.2 cm³/mol. The number of hydrogen-bond acceptors (Lipinski definition) is 2. The number of rotatable bonds is 1. The number of nitrogens with two attached hydrogens (primary N) is 1. The van der Waals surface area contributed by atoms with Crippen molar-refractivity contribution in [1.82, 2.24) is 4.90 Å². The molecule has 3 heteroatoms. The summed E-state index contributed by atoms with van der Waals surface area (Å²) in [6.45, 7) is 12.1. The van der Waals surface area contributed by atoms with Gasteiger partial charge in [-0.3, -0.25) is 4.79 Å². The van der Waals surface area contributed by atoms with Crippen molar-refractivity contribution >= 4 is 5.91 Å². The maximum absolute atomic E-state index is 13.1. The summed E-state index contributed by atoms with van der Waals surface area (Å²) in [6.07, 6.45) is 4.34. The summed E-state index contributed by atoms with van der Waals surface area (Å²) >= 11 is 0. The lowest BCUT2D eigenvalue weighted by Gasteiger charge is -2.49. The minimum atomic E-state index is 0.00908. The zero-order valence-corrected chi connectivity index (χ0v) is 13.9. The van der Waals surface area contributed by atoms with Gasteiger partial charge in [-0.2, -0.15) is 0 Å². The highest BCUT2D eigenvalue weighted by Crippen LogP contribution is 2.45. The van der Waals surface area contributed by atoms with E-state index in [2.05, 4.69) is 39.5 Å². The Kier molecular flexibility index (Phi) is 4.48. The average Bonchev–Trinajstić information content (AvgIpc) is 2.39. The van der Waals surface area contributed by atoms with Crippen molar-refractivity contribution < 1.29 is 4.79 Å². The Bertz CT molecular complexity index is 366. The Hall–Kier alpha value is -0.570. The second-order valence-corrected chi connectivity index (χ2v) is 7.80. The third-order valence-electron chi connectivity index (χ3n) is 6.46. The maximum Gasteiger partial charge on any atom is 0.226 e. The molecule has 2 N–H and O–H groups in total. The van der Waals surface area contributed by atoms with Gasteiger partial charge in [-0.05, 0) is 49.9 Å². The van der Waals surface area contributed by atoms with Crippen molar-refractivity contribution in [3.8, 4) is 0 Å². The lowest BCUT2D eigenvalue weighted by atomic mass is 9.60. The Balaban J connectivity index is 2.16. The second-order valence-electron chi connectivity index (χ2n) is 7.80. The van der Waals surface area contributed by atoms with Crippen LogP contribution in [-0.2, 0) is 4.79 Å². The number of nitrogens with zero attached hydrogens (tertiary/aromatic N) is 1. The molecular weight excluding hydrogens is 248 g/mol. The van der Waals surface area contributed by atoms with Crippen molar-refractivity contribution in [2.75, 3.05) is 6.54 Å². The van der Waals surface area contributed by atoms with E-state index in [-0.39, 0.29) is 17.4 Å². The van der Waals surface area contributed by atoms with Crippen molar-refractivity contribution in [2.45, 2.75) is 72.4 Å². The van der Waals surface area contributed by atoms with E-state index in [1.807, 2.05) is 0 Å². The third kappa shape index (κ3) is 2.61. The van der Waals surface area contributed by atoms with E-state index in [1.54, 1.807) is 0 Å². The molecule has 3 nitrogen and oxygen atoms in total. The lowest BCUT2D eigenvalue weighted by Crippen LogP contribution is -2.55. The maximum atomic E-state index is 13.1. The normalized spacial score (nSPS) is 41.5. The molecule has 0 radical (unpaired) electrons. The lowest BCUT2D eigenvalue weighted by molar-refractivity contribution is -0.148. The van der Waals surface area contributed by atoms with E-state index in [4.69, 9.17) is 5.73 Å². The topological polar surface area (TPSA) is 46.3 Å². The van der Waals surface area contributed by atoms with Crippen molar-refractivity contribution in [1.29, 1.82) is 0 Å². The standard InChI is InChI=1S/C17H32N2O/c1-11-7-6-10-19(13(11)3)16(20)14-8-9-15(18)12(2)17(14,4)5/h11-15H,6-10,18H2,1-5H3. The fourth-order valence-electron chi connectivity index (χ4n) is 4.14. The largest absolute Gasteiger partial charge is 0.339 e. The van der Waals surface area contributed by atoms with E-state index >= 15 is 0 Å². The van der Waals surface area contributed by atoms with Crippen molar-refractivity contribution in [3.05, 3.63) is 0 Å². The molecular formula is C17H32N2O. The van der Waals surface area contributed by atoms with Crippen LogP contribution >= 0.6 is 0 Å². The minimum absolute atomic E-state index is 0.00908. The molecule has 1 heterocycles. The quantitative estimate of drug-likeness (QED) is 0.802. The first kappa shape index (κ1) is 15.8. The van der Waals surface area contributed by atoms with Gasteiger partial charge in [0.25, 0.3) is 0 Å². The average molecular weight is 280 g/mol. The number of amides is 1. The Morgan fingerprint density at radius 1 is 1.15 bits per heavy atom. The molecule has 5 unspecified atom stereocenters. The predicted octanol–water partition coefficient (Wildman–Crippen LogP) is 3.03. The summed E-state index contributed by atoms with van der Waals surface area (Å²) in [6, 6.07) is 0.629. The SMILES string of the molecule is CC1CCCN(C(=O)C2CCC(N)C(C)C2(C)C)C1C. The van der Waals surface area contributed by atoms with Crippen LogP contribution in [0.2, 0.25) is 0 Å². The Morgan fingerprint density at radius 2 is 1.80 bits per heavy atom. The Labute approximate surface area is 124 Å². The molecule has 20 heavy (non-hydrogen) atoms. The highest BCUT2D eigenvalue weighted by molar-refractivity contribution is 5.80. The highest BCUT2D eigenvalue weighted by atomic mass is 16.2. The molecule has 5 atom stereocenters. The molecule has 0 aromatic carbocycles. The van der Waals surface area contributed by atoms with Gasteiger partial charge in [-0.15, -0.1) is 0 Å². The van der Waals surface area contributed by atoms with Gasteiger partial charge in [0, 0.05) is 24.5 Å². The summed E-state index contributed by atoms with van der Waals surface area (Å²) in [7, 11) is 0. The van der Waals surface area contributed by atoms with E-state index in [0.29, 0.717) is 23.8 Å². The molecule has 116 valence electrons. The summed E-state index contributed by atoms with van der Waals surface area (Å²) in [4.78, 5) is 15.2. The van der Waals surface area contributed by atoms with Gasteiger partial charge in [0.15, 0.2) is 0 Å². The molecule has 0 aromatic heterocycles. The smallest absolute Gasteiger partial charge is 0.226 e. The molecule has 0 spiro atoms. The fourth-order valence-corrected chi connectivity index (χ4v) is 4.14. The van der Waals surface area contributed by atoms with E-state index in [0.717, 1.165) is 25.8 Å². The van der Waals surface area contributed by atoms with E-state index in [9.17, 15) is 4.79 Å². The fraction of sp³-hybridized carbons (Fsp3) is 0.941. The summed E-state index contributed by atoms with van der Waals surface area (Å²) in [5.41, 5.74) is 6.23. The van der Waals surface area contributed by atoms with Crippen molar-refractivity contribution in [2.24, 2.45) is 28.9 Å². The van der Waals surface area contributed by atoms with Gasteiger partial charge in [-0.25, -0.2) is 0 Å². The Morgan fingerprint density at radius 3 is 2.45 bits per heavy atom. The first-order chi connectivity index (χ1) is 9.26. The molecule has 2 aliphatic rings. The van der Waals surface area contributed by atoms with Gasteiger partial charge >= 0.3 is 0 Å². The molecule has 1 saturated carbocycles. The molecule has 2 fully saturated rings. The summed E-state index contributed by atoms with van der Waals surface area (Å²) in [5, 5.41) is 0. The number of carbonyl (C=O) groups is 1. The zero-order valence-electron chi connectivity index (χ0n) is 13.9. The first-order valence-electron chi connectivity index (χ1n) is 8.32. The van der Waals surface area contributed by atoms with E-state index in [1.165, 1.54) is 6.42 Å². The van der Waals surface area contributed by atoms with Crippen LogP contribution in [0.5, 0.6) is 0 Å². The molecule has 1 aliphatic carbocycles. The number of likely N-dealkylation sites (tertiary alicyclic amines) is 1. The monoisotopic (exact) mass is 280 g/mol. The van der Waals surface area contributed by atoms with E-state index < -0.39 is 0 Å². The second kappa shape index (κ2) is 5.67. The van der Waals surface area contributed by atoms with Gasteiger partial charge < -0.3 is 10.6 Å². The van der Waals surface area contributed by atoms with Gasteiger partial charge in [0.2, 0.25) is 5.91 Å². The molecule has 1 saturated heterocycles. The van der Waals surface area contributed by atoms with Crippen LogP contribution in [0.15, 0.2) is 0 Å². The molecule has 1 aliphatic heterocycles. The number of piperidine rings is 1. The van der Waals surface area contributed by atoms with Gasteiger partial charge in [0.05, 0.1) is 0 Å². The molecule has 0 aromatic rings. The van der Waals surface area contributed by atoms with Crippen LogP contribution in [0, 0.1) is 23.2 Å². The first-order valence-corrected chi connectivity index (χ1v) is 8.32. The molecule has 2 rings (SSSR count). The minimum Gasteiger partial charge on any atom is -0.339 e. The zero-order chi connectivity index (χ0) is 15.1. The molecule has 0 bridgehead atoms. The third-order valence-corrected chi connectivity index (χ3v) is 6.46. The number of carbonyl (C=O) groups excluding carboxylic acids is 1. The van der Waals surface area contributed by atoms with Crippen molar-refractivity contribution in [3.63, 3.8) is 0 Å². The highest BCUT2D eigenvalue weighted by Gasteiger charge is 2.47.